The maximum atomic E-state index is 13.1. The lowest BCUT2D eigenvalue weighted by Crippen LogP contribution is -2.50. The lowest BCUT2D eigenvalue weighted by atomic mass is 9.82. The maximum absolute atomic E-state index is 13.1. The minimum atomic E-state index is -4.51. The fourth-order valence-corrected chi connectivity index (χ4v) is 5.78. The van der Waals surface area contributed by atoms with E-state index in [0.717, 1.165) is 24.3 Å². The second-order valence-electron chi connectivity index (χ2n) is 9.79. The summed E-state index contributed by atoms with van der Waals surface area (Å²) in [5.41, 5.74) is -2.39. The van der Waals surface area contributed by atoms with Crippen molar-refractivity contribution in [2.45, 2.75) is 54.6 Å². The van der Waals surface area contributed by atoms with Gasteiger partial charge in [-0.2, -0.15) is 31.4 Å². The van der Waals surface area contributed by atoms with Crippen LogP contribution in [0.4, 0.5) is 26.3 Å². The molecule has 6 nitrogen and oxygen atoms in total. The molecule has 1 N–H and O–H groups in total. The van der Waals surface area contributed by atoms with Gasteiger partial charge in [0.05, 0.1) is 36.1 Å². The zero-order valence-corrected chi connectivity index (χ0v) is 22.3. The first kappa shape index (κ1) is 30.1. The number of aliphatic hydroxyl groups is 1. The summed E-state index contributed by atoms with van der Waals surface area (Å²) in [6.07, 6.45) is -3.73. The first-order chi connectivity index (χ1) is 18.7. The van der Waals surface area contributed by atoms with Crippen LogP contribution in [0.25, 0.3) is 6.08 Å². The zero-order chi connectivity index (χ0) is 29.2. The smallest absolute Gasteiger partial charge is 0.382 e. The Labute approximate surface area is 231 Å². The quantitative estimate of drug-likeness (QED) is 0.318. The Kier molecular flexibility index (Phi) is 8.69. The van der Waals surface area contributed by atoms with Gasteiger partial charge in [-0.05, 0) is 55.3 Å². The molecule has 0 saturated carbocycles. The van der Waals surface area contributed by atoms with Gasteiger partial charge in [0.1, 0.15) is 18.3 Å². The van der Waals surface area contributed by atoms with Crippen LogP contribution in [-0.4, -0.2) is 49.4 Å². The summed E-state index contributed by atoms with van der Waals surface area (Å²) < 4.78 is 89.7. The number of thioether (sulfide) groups is 1. The highest BCUT2D eigenvalue weighted by Crippen LogP contribution is 2.46. The van der Waals surface area contributed by atoms with Crippen LogP contribution in [0.15, 0.2) is 67.3 Å². The van der Waals surface area contributed by atoms with E-state index in [-0.39, 0.29) is 30.6 Å². The number of hydrogen-bond donors (Lipinski definition) is 1. The molecule has 0 spiro atoms. The van der Waals surface area contributed by atoms with Crippen molar-refractivity contribution in [3.63, 3.8) is 0 Å². The van der Waals surface area contributed by atoms with Gasteiger partial charge in [0.15, 0.2) is 6.29 Å². The molecule has 1 atom stereocenters. The van der Waals surface area contributed by atoms with Crippen LogP contribution in [0.5, 0.6) is 0 Å². The van der Waals surface area contributed by atoms with Crippen LogP contribution in [-0.2, 0) is 34.0 Å². The number of alkyl halides is 6. The highest BCUT2D eigenvalue weighted by molar-refractivity contribution is 8.01. The van der Waals surface area contributed by atoms with E-state index in [1.54, 1.807) is 26.0 Å². The minimum Gasteiger partial charge on any atom is -0.382 e. The monoisotopic (exact) mass is 587 g/mol. The van der Waals surface area contributed by atoms with Gasteiger partial charge in [0, 0.05) is 4.75 Å². The predicted octanol–water partition coefficient (Wildman–Crippen LogP) is 6.17. The van der Waals surface area contributed by atoms with Crippen molar-refractivity contribution in [3.8, 4) is 0 Å². The van der Waals surface area contributed by atoms with Gasteiger partial charge in [-0.1, -0.05) is 30.3 Å². The van der Waals surface area contributed by atoms with Gasteiger partial charge in [0.25, 0.3) is 0 Å². The number of hydrogen-bond acceptors (Lipinski definition) is 6. The second-order valence-corrected chi connectivity index (χ2v) is 11.7. The molecule has 1 aromatic heterocycles. The molecule has 0 bridgehead atoms. The first-order valence-electron chi connectivity index (χ1n) is 12.2. The summed E-state index contributed by atoms with van der Waals surface area (Å²) in [4.78, 5) is 3.90. The maximum Gasteiger partial charge on any atom is 0.416 e. The van der Waals surface area contributed by atoms with E-state index in [2.05, 4.69) is 10.1 Å². The Bertz CT molecular complexity index is 1270. The Morgan fingerprint density at radius 1 is 0.900 bits per heavy atom. The van der Waals surface area contributed by atoms with E-state index < -0.39 is 40.1 Å². The number of benzene rings is 2. The van der Waals surface area contributed by atoms with Crippen molar-refractivity contribution in [3.05, 3.63) is 89.5 Å². The Morgan fingerprint density at radius 3 is 1.93 bits per heavy atom. The molecule has 1 unspecified atom stereocenters. The minimum absolute atomic E-state index is 0.0642. The third-order valence-corrected chi connectivity index (χ3v) is 8.11. The fraction of sp³-hybridized carbons (Fsp3) is 0.407. The molecule has 1 aliphatic heterocycles. The van der Waals surface area contributed by atoms with Crippen molar-refractivity contribution < 1.29 is 40.9 Å². The highest BCUT2D eigenvalue weighted by atomic mass is 32.2. The van der Waals surface area contributed by atoms with Gasteiger partial charge in [-0.3, -0.25) is 0 Å². The third-order valence-electron chi connectivity index (χ3n) is 6.58. The van der Waals surface area contributed by atoms with E-state index in [9.17, 15) is 31.4 Å². The molecular formula is C27H27F6N3O3S. The lowest BCUT2D eigenvalue weighted by molar-refractivity contribution is -0.146. The predicted molar refractivity (Wildman–Crippen MR) is 137 cm³/mol. The van der Waals surface area contributed by atoms with Gasteiger partial charge < -0.3 is 14.6 Å². The largest absolute Gasteiger partial charge is 0.416 e. The fourth-order valence-electron chi connectivity index (χ4n) is 4.28. The molecular weight excluding hydrogens is 560 g/mol. The van der Waals surface area contributed by atoms with Gasteiger partial charge >= 0.3 is 12.4 Å². The molecule has 0 radical (unpaired) electrons. The van der Waals surface area contributed by atoms with Crippen molar-refractivity contribution in [2.24, 2.45) is 0 Å². The van der Waals surface area contributed by atoms with Crippen LogP contribution in [0, 0.1) is 0 Å². The average Bonchev–Trinajstić information content (AvgIpc) is 3.40. The van der Waals surface area contributed by atoms with Crippen LogP contribution in [0.2, 0.25) is 0 Å². The summed E-state index contributed by atoms with van der Waals surface area (Å²) in [6.45, 7) is 3.97. The molecule has 2 aromatic carbocycles. The van der Waals surface area contributed by atoms with Crippen LogP contribution >= 0.6 is 11.8 Å². The van der Waals surface area contributed by atoms with Crippen molar-refractivity contribution in [1.29, 1.82) is 0 Å². The van der Waals surface area contributed by atoms with Gasteiger partial charge in [-0.15, -0.1) is 11.8 Å². The highest BCUT2D eigenvalue weighted by Gasteiger charge is 2.48. The SMILES string of the molecule is CC(C)(S[C@H]1CO[C@H](/C=C/c2ccc(C(F)(F)F)cc2)OC1)C(O)(Cn1cncn1)c1ccc(C(F)(F)F)cc1. The number of halogens is 6. The van der Waals surface area contributed by atoms with Gasteiger partial charge in [-0.25, -0.2) is 9.67 Å². The Balaban J connectivity index is 1.43. The Morgan fingerprint density at radius 2 is 1.43 bits per heavy atom. The summed E-state index contributed by atoms with van der Waals surface area (Å²) in [7, 11) is 0. The first-order valence-corrected chi connectivity index (χ1v) is 13.0. The van der Waals surface area contributed by atoms with Crippen molar-refractivity contribution in [2.75, 3.05) is 13.2 Å². The molecule has 1 fully saturated rings. The van der Waals surface area contributed by atoms with Crippen molar-refractivity contribution >= 4 is 17.8 Å². The molecule has 1 saturated heterocycles. The molecule has 216 valence electrons. The van der Waals surface area contributed by atoms with E-state index in [1.807, 2.05) is 0 Å². The van der Waals surface area contributed by atoms with E-state index in [1.165, 1.54) is 53.4 Å². The average molecular weight is 588 g/mol. The zero-order valence-electron chi connectivity index (χ0n) is 21.5. The summed E-state index contributed by atoms with van der Waals surface area (Å²) in [6, 6.07) is 9.07. The number of nitrogens with zero attached hydrogens (tertiary/aromatic N) is 3. The van der Waals surface area contributed by atoms with Gasteiger partial charge in [0.2, 0.25) is 0 Å². The Hall–Kier alpha value is -2.87. The molecule has 1 aliphatic rings. The van der Waals surface area contributed by atoms with E-state index in [4.69, 9.17) is 9.47 Å². The summed E-state index contributed by atoms with van der Waals surface area (Å²) >= 11 is 1.36. The summed E-state index contributed by atoms with van der Waals surface area (Å²) in [5.74, 6) is 0. The molecule has 3 aromatic rings. The molecule has 0 amide bonds. The number of aromatic nitrogens is 3. The topological polar surface area (TPSA) is 69.4 Å². The third kappa shape index (κ3) is 7.06. The van der Waals surface area contributed by atoms with Crippen LogP contribution in [0.1, 0.15) is 36.1 Å². The molecule has 4 rings (SSSR count). The molecule has 40 heavy (non-hydrogen) atoms. The number of rotatable bonds is 8. The second kappa shape index (κ2) is 11.6. The normalized spacial score (nSPS) is 20.5. The number of ether oxygens (including phenoxy) is 2. The summed E-state index contributed by atoms with van der Waals surface area (Å²) in [5, 5.41) is 15.8. The van der Waals surface area contributed by atoms with E-state index >= 15 is 0 Å². The molecule has 2 heterocycles. The lowest BCUT2D eigenvalue weighted by Gasteiger charge is -2.45. The van der Waals surface area contributed by atoms with Crippen LogP contribution < -0.4 is 0 Å². The molecule has 13 heteroatoms. The van der Waals surface area contributed by atoms with Crippen LogP contribution in [0.3, 0.4) is 0 Å². The van der Waals surface area contributed by atoms with E-state index in [0.29, 0.717) is 5.56 Å². The van der Waals surface area contributed by atoms with Crippen molar-refractivity contribution in [1.82, 2.24) is 14.8 Å². The molecule has 0 aliphatic carbocycles. The standard InChI is InChI=1S/C27H27F6N3O3S/c1-24(2,25(37,15-36-17-34-16-35-36)19-8-10-21(11-9-19)27(31,32)33)40-22-13-38-23(39-14-22)12-5-18-3-6-20(7-4-18)26(28,29)30/h3-12,16-17,22-23,37H,13-15H2,1-2H3/b12-5+/t22-,23-,25?.